The molecule has 1 N–H and O–H groups in total. The van der Waals surface area contributed by atoms with E-state index in [1.165, 1.54) is 0 Å². The number of oxime groups is 1. The van der Waals surface area contributed by atoms with E-state index in [4.69, 9.17) is 25.9 Å². The van der Waals surface area contributed by atoms with Crippen molar-refractivity contribution in [2.75, 3.05) is 26.8 Å². The molecule has 0 unspecified atom stereocenters. The normalized spacial score (nSPS) is 16.3. The first-order valence-corrected chi connectivity index (χ1v) is 11.5. The molecule has 0 spiro atoms. The third kappa shape index (κ3) is 8.03. The van der Waals surface area contributed by atoms with Crippen LogP contribution in [0.3, 0.4) is 0 Å². The standard InChI is InChI=1S/C25H31ClN2O5/c1-3-5-25(30)32-17-21(29)15-28(14-18-6-4-7-22(12-18)31-2)16-23-13-24(27-33-23)19-8-10-20(26)11-9-19/h4,6-12,21,23,29H,3,5,13-17H2,1-2H3/t21-,23-/m1/s1. The molecule has 3 rings (SSSR count). The number of hydrogen-bond acceptors (Lipinski definition) is 7. The Bertz CT molecular complexity index is 935. The molecule has 0 radical (unpaired) electrons. The van der Waals surface area contributed by atoms with Gasteiger partial charge in [-0.3, -0.25) is 9.69 Å². The third-order valence-electron chi connectivity index (χ3n) is 5.27. The topological polar surface area (TPSA) is 80.6 Å². The lowest BCUT2D eigenvalue weighted by molar-refractivity contribution is -0.147. The fraction of sp³-hybridized carbons (Fsp3) is 0.440. The van der Waals surface area contributed by atoms with E-state index in [1.807, 2.05) is 55.5 Å². The van der Waals surface area contributed by atoms with Crippen molar-refractivity contribution in [1.29, 1.82) is 0 Å². The van der Waals surface area contributed by atoms with Crippen LogP contribution in [0.25, 0.3) is 0 Å². The number of rotatable bonds is 12. The summed E-state index contributed by atoms with van der Waals surface area (Å²) in [6, 6.07) is 15.3. The lowest BCUT2D eigenvalue weighted by atomic mass is 10.0. The van der Waals surface area contributed by atoms with E-state index in [0.29, 0.717) is 43.9 Å². The van der Waals surface area contributed by atoms with Crippen LogP contribution in [0.4, 0.5) is 0 Å². The van der Waals surface area contributed by atoms with E-state index in [1.54, 1.807) is 7.11 Å². The van der Waals surface area contributed by atoms with Crippen LogP contribution in [0.1, 0.15) is 37.3 Å². The van der Waals surface area contributed by atoms with E-state index < -0.39 is 6.10 Å². The molecule has 178 valence electrons. The van der Waals surface area contributed by atoms with Crippen molar-refractivity contribution in [3.8, 4) is 5.75 Å². The Morgan fingerprint density at radius 1 is 1.30 bits per heavy atom. The van der Waals surface area contributed by atoms with Crippen LogP contribution in [0.15, 0.2) is 53.7 Å². The van der Waals surface area contributed by atoms with Gasteiger partial charge in [0.2, 0.25) is 0 Å². The number of methoxy groups -OCH3 is 1. The van der Waals surface area contributed by atoms with Gasteiger partial charge >= 0.3 is 5.97 Å². The first kappa shape index (κ1) is 25.0. The third-order valence-corrected chi connectivity index (χ3v) is 5.52. The molecule has 33 heavy (non-hydrogen) atoms. The van der Waals surface area contributed by atoms with Crippen LogP contribution in [0.2, 0.25) is 5.02 Å². The lowest BCUT2D eigenvalue weighted by Crippen LogP contribution is -2.39. The Kier molecular flexibility index (Phi) is 9.54. The molecule has 0 saturated carbocycles. The fourth-order valence-electron chi connectivity index (χ4n) is 3.68. The monoisotopic (exact) mass is 474 g/mol. The summed E-state index contributed by atoms with van der Waals surface area (Å²) in [4.78, 5) is 19.4. The summed E-state index contributed by atoms with van der Waals surface area (Å²) in [5.74, 6) is 0.475. The highest BCUT2D eigenvalue weighted by Crippen LogP contribution is 2.21. The van der Waals surface area contributed by atoms with Gasteiger partial charge in [0, 0.05) is 37.5 Å². The van der Waals surface area contributed by atoms with Gasteiger partial charge in [-0.15, -0.1) is 0 Å². The largest absolute Gasteiger partial charge is 0.497 e. The molecule has 2 aromatic carbocycles. The Morgan fingerprint density at radius 2 is 2.09 bits per heavy atom. The SMILES string of the molecule is CCCC(=O)OC[C@H](O)CN(Cc1cccc(OC)c1)C[C@H]1CC(c2ccc(Cl)cc2)=NO1. The van der Waals surface area contributed by atoms with E-state index in [0.717, 1.165) is 22.6 Å². The van der Waals surface area contributed by atoms with Crippen LogP contribution in [0, 0.1) is 0 Å². The van der Waals surface area contributed by atoms with Gasteiger partial charge in [-0.1, -0.05) is 47.9 Å². The summed E-state index contributed by atoms with van der Waals surface area (Å²) in [7, 11) is 1.63. The summed E-state index contributed by atoms with van der Waals surface area (Å²) in [6.07, 6.45) is 0.746. The Hall–Kier alpha value is -2.61. The van der Waals surface area contributed by atoms with Crippen molar-refractivity contribution in [2.45, 2.75) is 44.9 Å². The highest BCUT2D eigenvalue weighted by molar-refractivity contribution is 6.30. The van der Waals surface area contributed by atoms with Crippen molar-refractivity contribution in [3.05, 3.63) is 64.7 Å². The van der Waals surface area contributed by atoms with Crippen LogP contribution < -0.4 is 4.74 Å². The second-order valence-electron chi connectivity index (χ2n) is 8.11. The molecule has 0 amide bonds. The molecular weight excluding hydrogens is 444 g/mol. The molecule has 8 heteroatoms. The number of aliphatic hydroxyl groups is 1. The fourth-order valence-corrected chi connectivity index (χ4v) is 3.80. The smallest absolute Gasteiger partial charge is 0.305 e. The molecule has 0 bridgehead atoms. The van der Waals surface area contributed by atoms with Crippen LogP contribution in [-0.2, 0) is 20.9 Å². The lowest BCUT2D eigenvalue weighted by Gasteiger charge is -2.27. The van der Waals surface area contributed by atoms with E-state index in [-0.39, 0.29) is 18.7 Å². The maximum atomic E-state index is 11.7. The van der Waals surface area contributed by atoms with Crippen LogP contribution in [0.5, 0.6) is 5.75 Å². The minimum Gasteiger partial charge on any atom is -0.497 e. The minimum absolute atomic E-state index is 0.0362. The quantitative estimate of drug-likeness (QED) is 0.467. The van der Waals surface area contributed by atoms with E-state index in [9.17, 15) is 9.90 Å². The summed E-state index contributed by atoms with van der Waals surface area (Å²) in [5.41, 5.74) is 2.89. The summed E-state index contributed by atoms with van der Waals surface area (Å²) in [6.45, 7) is 3.33. The zero-order valence-electron chi connectivity index (χ0n) is 19.1. The van der Waals surface area contributed by atoms with Gasteiger partial charge in [0.15, 0.2) is 0 Å². The van der Waals surface area contributed by atoms with E-state index >= 15 is 0 Å². The highest BCUT2D eigenvalue weighted by Gasteiger charge is 2.26. The predicted octanol–water partition coefficient (Wildman–Crippen LogP) is 4.05. The molecule has 1 aliphatic rings. The highest BCUT2D eigenvalue weighted by atomic mass is 35.5. The number of hydrogen-bond donors (Lipinski definition) is 1. The molecule has 2 atom stereocenters. The number of carbonyl (C=O) groups excluding carboxylic acids is 1. The average Bonchev–Trinajstić information content (AvgIpc) is 3.27. The Labute approximate surface area is 199 Å². The van der Waals surface area contributed by atoms with Crippen LogP contribution in [-0.4, -0.2) is 60.7 Å². The second-order valence-corrected chi connectivity index (χ2v) is 8.55. The van der Waals surface area contributed by atoms with Crippen molar-refractivity contribution in [3.63, 3.8) is 0 Å². The minimum atomic E-state index is -0.811. The van der Waals surface area contributed by atoms with Gasteiger partial charge in [-0.2, -0.15) is 0 Å². The number of carbonyl (C=O) groups is 1. The molecule has 0 saturated heterocycles. The van der Waals surface area contributed by atoms with Gasteiger partial charge in [0.05, 0.1) is 12.8 Å². The zero-order chi connectivity index (χ0) is 23.6. The Balaban J connectivity index is 1.62. The number of nitrogens with zero attached hydrogens (tertiary/aromatic N) is 2. The van der Waals surface area contributed by atoms with Gasteiger partial charge in [-0.05, 0) is 41.8 Å². The van der Waals surface area contributed by atoms with Crippen molar-refractivity contribution in [2.24, 2.45) is 5.16 Å². The number of halogens is 1. The molecule has 0 fully saturated rings. The molecule has 1 aliphatic heterocycles. The van der Waals surface area contributed by atoms with Gasteiger partial charge < -0.3 is 19.4 Å². The van der Waals surface area contributed by atoms with Gasteiger partial charge in [-0.25, -0.2) is 0 Å². The summed E-state index contributed by atoms with van der Waals surface area (Å²) < 4.78 is 10.5. The van der Waals surface area contributed by atoms with Gasteiger partial charge in [0.1, 0.15) is 24.6 Å². The van der Waals surface area contributed by atoms with Crippen molar-refractivity contribution < 1.29 is 24.2 Å². The number of esters is 1. The number of ether oxygens (including phenoxy) is 2. The Morgan fingerprint density at radius 3 is 2.82 bits per heavy atom. The zero-order valence-corrected chi connectivity index (χ0v) is 19.8. The second kappa shape index (κ2) is 12.6. The summed E-state index contributed by atoms with van der Waals surface area (Å²) >= 11 is 5.98. The molecule has 1 heterocycles. The maximum Gasteiger partial charge on any atom is 0.305 e. The molecule has 0 aromatic heterocycles. The number of aliphatic hydroxyl groups excluding tert-OH is 1. The first-order chi connectivity index (χ1) is 16.0. The molecular formula is C25H31ClN2O5. The summed E-state index contributed by atoms with van der Waals surface area (Å²) in [5, 5.41) is 15.5. The molecule has 2 aromatic rings. The van der Waals surface area contributed by atoms with Gasteiger partial charge in [0.25, 0.3) is 0 Å². The average molecular weight is 475 g/mol. The van der Waals surface area contributed by atoms with E-state index in [2.05, 4.69) is 10.1 Å². The molecule has 0 aliphatic carbocycles. The van der Waals surface area contributed by atoms with Crippen LogP contribution >= 0.6 is 11.6 Å². The molecule has 7 nitrogen and oxygen atoms in total. The first-order valence-electron chi connectivity index (χ1n) is 11.1. The number of benzene rings is 2. The predicted molar refractivity (Wildman–Crippen MR) is 128 cm³/mol. The van der Waals surface area contributed by atoms with Crippen molar-refractivity contribution in [1.82, 2.24) is 4.90 Å². The van der Waals surface area contributed by atoms with Crippen molar-refractivity contribution >= 4 is 23.3 Å². The maximum absolute atomic E-state index is 11.7.